The van der Waals surface area contributed by atoms with Gasteiger partial charge in [0.2, 0.25) is 0 Å². The van der Waals surface area contributed by atoms with E-state index in [0.29, 0.717) is 29.7 Å². The lowest BCUT2D eigenvalue weighted by atomic mass is 9.59. The molecule has 2 aliphatic rings. The summed E-state index contributed by atoms with van der Waals surface area (Å²) in [4.78, 5) is 14.9. The molecule has 0 unspecified atom stereocenters. The number of nitrogens with zero attached hydrogens (tertiary/aromatic N) is 1. The lowest BCUT2D eigenvalue weighted by Gasteiger charge is -2.54. The Bertz CT molecular complexity index is 879. The molecule has 1 heterocycles. The van der Waals surface area contributed by atoms with Crippen molar-refractivity contribution in [1.82, 2.24) is 4.90 Å². The summed E-state index contributed by atoms with van der Waals surface area (Å²) in [6.45, 7) is 6.59. The summed E-state index contributed by atoms with van der Waals surface area (Å²) in [5, 5.41) is 9.95. The van der Waals surface area contributed by atoms with Crippen molar-refractivity contribution >= 4 is 5.78 Å². The van der Waals surface area contributed by atoms with Crippen LogP contribution in [0.1, 0.15) is 54.6 Å². The van der Waals surface area contributed by atoms with Crippen LogP contribution < -0.4 is 0 Å². The van der Waals surface area contributed by atoms with E-state index in [9.17, 15) is 14.3 Å². The van der Waals surface area contributed by atoms with E-state index in [1.165, 1.54) is 23.3 Å². The van der Waals surface area contributed by atoms with E-state index >= 15 is 0 Å². The van der Waals surface area contributed by atoms with Gasteiger partial charge in [0, 0.05) is 18.0 Å². The Hall–Kier alpha value is -2.20. The van der Waals surface area contributed by atoms with Crippen molar-refractivity contribution in [2.75, 3.05) is 13.1 Å². The quantitative estimate of drug-likeness (QED) is 0.762. The molecule has 28 heavy (non-hydrogen) atoms. The Kier molecular flexibility index (Phi) is 5.00. The molecule has 0 radical (unpaired) electrons. The molecule has 0 saturated carbocycles. The maximum absolute atomic E-state index is 13.0. The molecule has 1 saturated heterocycles. The number of hydrogen-bond donors (Lipinski definition) is 1. The van der Waals surface area contributed by atoms with E-state index in [-0.39, 0.29) is 17.0 Å². The highest BCUT2D eigenvalue weighted by atomic mass is 19.1. The van der Waals surface area contributed by atoms with Gasteiger partial charge in [0.25, 0.3) is 0 Å². The first-order valence-corrected chi connectivity index (χ1v) is 10.2. The van der Waals surface area contributed by atoms with Gasteiger partial charge in [-0.3, -0.25) is 9.69 Å². The Morgan fingerprint density at radius 3 is 2.75 bits per heavy atom. The first-order valence-electron chi connectivity index (χ1n) is 10.2. The van der Waals surface area contributed by atoms with Crippen LogP contribution >= 0.6 is 0 Å². The average molecular weight is 381 g/mol. The maximum atomic E-state index is 13.0. The Morgan fingerprint density at radius 2 is 2.00 bits per heavy atom. The molecule has 1 N–H and O–H groups in total. The minimum atomic E-state index is -0.312. The lowest BCUT2D eigenvalue weighted by Crippen LogP contribution is -2.58. The Morgan fingerprint density at radius 1 is 1.25 bits per heavy atom. The zero-order valence-corrected chi connectivity index (χ0v) is 16.6. The van der Waals surface area contributed by atoms with Crippen LogP contribution in [0.4, 0.5) is 4.39 Å². The van der Waals surface area contributed by atoms with Crippen molar-refractivity contribution in [3.8, 4) is 5.75 Å². The van der Waals surface area contributed by atoms with Gasteiger partial charge in [0.05, 0.1) is 0 Å². The number of hydrogen-bond acceptors (Lipinski definition) is 3. The van der Waals surface area contributed by atoms with Gasteiger partial charge in [-0.2, -0.15) is 0 Å². The fourth-order valence-electron chi connectivity index (χ4n) is 5.20. The second kappa shape index (κ2) is 7.32. The molecule has 2 aromatic carbocycles. The van der Waals surface area contributed by atoms with E-state index in [0.717, 1.165) is 32.4 Å². The first-order chi connectivity index (χ1) is 13.4. The smallest absolute Gasteiger partial charge is 0.162 e. The third-order valence-electron chi connectivity index (χ3n) is 7.12. The van der Waals surface area contributed by atoms with Gasteiger partial charge >= 0.3 is 0 Å². The lowest BCUT2D eigenvalue weighted by molar-refractivity contribution is 0.0303. The van der Waals surface area contributed by atoms with Crippen LogP contribution in [-0.2, 0) is 11.8 Å². The zero-order chi connectivity index (χ0) is 19.9. The number of phenolic OH excluding ortho intramolecular Hbond substituents is 1. The van der Waals surface area contributed by atoms with E-state index in [1.807, 2.05) is 6.07 Å². The fourth-order valence-corrected chi connectivity index (χ4v) is 5.20. The van der Waals surface area contributed by atoms with Gasteiger partial charge in [-0.05, 0) is 91.2 Å². The number of likely N-dealkylation sites (tertiary alicyclic amines) is 1. The van der Waals surface area contributed by atoms with Gasteiger partial charge in [0.15, 0.2) is 5.78 Å². The standard InChI is InChI=1S/C24H28FNO2/c1-16-22-14-18-7-10-20(27)15-21(18)24(16,2)11-13-26(22)12-3-4-23(28)17-5-8-19(25)9-6-17/h5-10,15-16,22,27H,3-4,11-14H2,1-2H3/t16-,22+,24+/m0/s1. The molecule has 2 bridgehead atoms. The minimum Gasteiger partial charge on any atom is -0.508 e. The number of ketones is 1. The molecule has 1 aliphatic carbocycles. The van der Waals surface area contributed by atoms with E-state index in [2.05, 4.69) is 24.8 Å². The van der Waals surface area contributed by atoms with Crippen LogP contribution in [0.5, 0.6) is 5.75 Å². The number of benzene rings is 2. The molecule has 2 aromatic rings. The predicted molar refractivity (Wildman–Crippen MR) is 108 cm³/mol. The summed E-state index contributed by atoms with van der Waals surface area (Å²) in [7, 11) is 0. The van der Waals surface area contributed by atoms with Crippen molar-refractivity contribution in [1.29, 1.82) is 0 Å². The van der Waals surface area contributed by atoms with Gasteiger partial charge < -0.3 is 5.11 Å². The van der Waals surface area contributed by atoms with Crippen LogP contribution in [0.25, 0.3) is 0 Å². The molecule has 148 valence electrons. The summed E-state index contributed by atoms with van der Waals surface area (Å²) in [6, 6.07) is 12.1. The average Bonchev–Trinajstić information content (AvgIpc) is 2.67. The summed E-state index contributed by atoms with van der Waals surface area (Å²) < 4.78 is 13.0. The van der Waals surface area contributed by atoms with Crippen LogP contribution in [0.15, 0.2) is 42.5 Å². The molecule has 3 atom stereocenters. The molecule has 0 amide bonds. The third-order valence-corrected chi connectivity index (χ3v) is 7.12. The normalized spacial score (nSPS) is 26.7. The molecule has 1 fully saturated rings. The highest BCUT2D eigenvalue weighted by Gasteiger charge is 2.48. The van der Waals surface area contributed by atoms with Crippen molar-refractivity contribution in [2.45, 2.75) is 51.0 Å². The number of phenols is 1. The summed E-state index contributed by atoms with van der Waals surface area (Å²) in [5.74, 6) is 0.628. The summed E-state index contributed by atoms with van der Waals surface area (Å²) in [6.07, 6.45) is 3.37. The maximum Gasteiger partial charge on any atom is 0.162 e. The molecule has 4 rings (SSSR count). The fraction of sp³-hybridized carbons (Fsp3) is 0.458. The van der Waals surface area contributed by atoms with Gasteiger partial charge in [-0.1, -0.05) is 19.9 Å². The Labute approximate surface area is 166 Å². The van der Waals surface area contributed by atoms with Crippen LogP contribution in [-0.4, -0.2) is 34.9 Å². The number of Topliss-reactive ketones (excluding diaryl/α,β-unsaturated/α-hetero) is 1. The topological polar surface area (TPSA) is 40.5 Å². The van der Waals surface area contributed by atoms with Crippen LogP contribution in [0.2, 0.25) is 0 Å². The zero-order valence-electron chi connectivity index (χ0n) is 16.6. The van der Waals surface area contributed by atoms with Crippen LogP contribution in [0.3, 0.4) is 0 Å². The highest BCUT2D eigenvalue weighted by molar-refractivity contribution is 5.95. The van der Waals surface area contributed by atoms with E-state index in [1.54, 1.807) is 18.2 Å². The molecular formula is C24H28FNO2. The number of carbonyl (C=O) groups excluding carboxylic acids is 1. The molecule has 0 aromatic heterocycles. The van der Waals surface area contributed by atoms with Gasteiger partial charge in [-0.15, -0.1) is 0 Å². The van der Waals surface area contributed by atoms with Crippen molar-refractivity contribution in [3.05, 3.63) is 65.0 Å². The van der Waals surface area contributed by atoms with Gasteiger partial charge in [-0.25, -0.2) is 4.39 Å². The van der Waals surface area contributed by atoms with Crippen molar-refractivity contribution in [3.63, 3.8) is 0 Å². The molecule has 1 aliphatic heterocycles. The number of halogens is 1. The SMILES string of the molecule is C[C@H]1[C@H]2Cc3ccc(O)cc3[C@]1(C)CCN2CCCC(=O)c1ccc(F)cc1. The monoisotopic (exact) mass is 381 g/mol. The number of rotatable bonds is 5. The van der Waals surface area contributed by atoms with Crippen LogP contribution in [0, 0.1) is 11.7 Å². The number of fused-ring (bicyclic) bond motifs is 4. The summed E-state index contributed by atoms with van der Waals surface area (Å²) >= 11 is 0. The number of carbonyl (C=O) groups is 1. The molecule has 3 nitrogen and oxygen atoms in total. The second-order valence-electron chi connectivity index (χ2n) is 8.64. The first kappa shape index (κ1) is 19.1. The van der Waals surface area contributed by atoms with E-state index < -0.39 is 0 Å². The molecular weight excluding hydrogens is 353 g/mol. The van der Waals surface area contributed by atoms with E-state index in [4.69, 9.17) is 0 Å². The third kappa shape index (κ3) is 3.35. The predicted octanol–water partition coefficient (Wildman–Crippen LogP) is 4.72. The number of aromatic hydroxyl groups is 1. The highest BCUT2D eigenvalue weighted by Crippen LogP contribution is 2.49. The second-order valence-corrected chi connectivity index (χ2v) is 8.64. The minimum absolute atomic E-state index is 0.0827. The molecule has 0 spiro atoms. The number of piperidine rings is 1. The summed E-state index contributed by atoms with van der Waals surface area (Å²) in [5.41, 5.74) is 3.34. The Balaban J connectivity index is 1.42. The largest absolute Gasteiger partial charge is 0.508 e. The van der Waals surface area contributed by atoms with Crippen molar-refractivity contribution in [2.24, 2.45) is 5.92 Å². The molecule has 4 heteroatoms. The van der Waals surface area contributed by atoms with Gasteiger partial charge in [0.1, 0.15) is 11.6 Å². The van der Waals surface area contributed by atoms with Crippen molar-refractivity contribution < 1.29 is 14.3 Å².